The molecule has 6 nitrogen and oxygen atoms in total. The van der Waals surface area contributed by atoms with Gasteiger partial charge in [-0.15, -0.1) is 0 Å². The molecule has 1 fully saturated rings. The highest BCUT2D eigenvalue weighted by atomic mass is 16.2. The Kier molecular flexibility index (Phi) is 4.27. The van der Waals surface area contributed by atoms with Gasteiger partial charge < -0.3 is 19.8 Å². The van der Waals surface area contributed by atoms with Crippen molar-refractivity contribution < 1.29 is 4.79 Å². The van der Waals surface area contributed by atoms with E-state index >= 15 is 0 Å². The molecule has 4 aromatic rings. The first-order chi connectivity index (χ1) is 14.1. The van der Waals surface area contributed by atoms with Gasteiger partial charge in [0.2, 0.25) is 0 Å². The first-order valence-electron chi connectivity index (χ1n) is 10.1. The molecular weight excluding hydrogens is 362 g/mol. The van der Waals surface area contributed by atoms with E-state index in [9.17, 15) is 4.79 Å². The summed E-state index contributed by atoms with van der Waals surface area (Å²) in [6.45, 7) is 1.56. The van der Waals surface area contributed by atoms with Gasteiger partial charge in [-0.3, -0.25) is 4.79 Å². The topological polar surface area (TPSA) is 68.0 Å². The van der Waals surface area contributed by atoms with Crippen LogP contribution in [-0.2, 0) is 0 Å². The number of nitrogens with zero attached hydrogens (tertiary/aromatic N) is 3. The molecule has 0 radical (unpaired) electrons. The number of hydrogen-bond donors (Lipinski definition) is 2. The lowest BCUT2D eigenvalue weighted by molar-refractivity contribution is 0.0713. The molecule has 0 unspecified atom stereocenters. The molecule has 5 rings (SSSR count). The Labute approximate surface area is 169 Å². The second-order valence-electron chi connectivity index (χ2n) is 8.07. The molecule has 0 atom stereocenters. The number of likely N-dealkylation sites (tertiary alicyclic amines) is 1. The first-order valence-corrected chi connectivity index (χ1v) is 10.1. The van der Waals surface area contributed by atoms with Gasteiger partial charge in [0.15, 0.2) is 0 Å². The zero-order chi connectivity index (χ0) is 20.0. The molecule has 1 amide bonds. The number of carbonyl (C=O) groups is 1. The van der Waals surface area contributed by atoms with Crippen LogP contribution < -0.4 is 4.90 Å². The summed E-state index contributed by atoms with van der Waals surface area (Å²) < 4.78 is 0. The number of pyridine rings is 1. The standard InChI is InChI=1S/C23H25N5O/c1-27(2)18-12-19-20(14-26-22(19)25-13-18)15-6-9-28(10-7-15)23(29)17-4-3-16-5-8-24-21(16)11-17/h3-5,8,11-15,24H,6-7,9-10H2,1-2H3,(H,25,26). The molecule has 4 heterocycles. The maximum Gasteiger partial charge on any atom is 0.253 e. The maximum absolute atomic E-state index is 13.0. The lowest BCUT2D eigenvalue weighted by Crippen LogP contribution is -2.37. The molecule has 0 spiro atoms. The minimum Gasteiger partial charge on any atom is -0.376 e. The minimum absolute atomic E-state index is 0.121. The average molecular weight is 387 g/mol. The van der Waals surface area contributed by atoms with E-state index in [1.165, 1.54) is 10.9 Å². The number of hydrogen-bond acceptors (Lipinski definition) is 3. The molecule has 1 aliphatic heterocycles. The third-order valence-corrected chi connectivity index (χ3v) is 6.09. The van der Waals surface area contributed by atoms with E-state index in [-0.39, 0.29) is 5.91 Å². The number of carbonyl (C=O) groups excluding carboxylic acids is 1. The number of rotatable bonds is 3. The van der Waals surface area contributed by atoms with Crippen LogP contribution >= 0.6 is 0 Å². The number of amides is 1. The van der Waals surface area contributed by atoms with Gasteiger partial charge in [0.05, 0.1) is 11.9 Å². The van der Waals surface area contributed by atoms with Crippen LogP contribution in [0.4, 0.5) is 5.69 Å². The van der Waals surface area contributed by atoms with Crippen molar-refractivity contribution >= 4 is 33.5 Å². The fraction of sp³-hybridized carbons (Fsp3) is 0.304. The lowest BCUT2D eigenvalue weighted by Gasteiger charge is -2.32. The van der Waals surface area contributed by atoms with Crippen LogP contribution in [0.25, 0.3) is 21.9 Å². The third-order valence-electron chi connectivity index (χ3n) is 6.09. The van der Waals surface area contributed by atoms with E-state index < -0.39 is 0 Å². The summed E-state index contributed by atoms with van der Waals surface area (Å²) in [6, 6.07) is 10.1. The largest absolute Gasteiger partial charge is 0.376 e. The Morgan fingerprint density at radius 1 is 1.14 bits per heavy atom. The Bertz CT molecular complexity index is 1180. The quantitative estimate of drug-likeness (QED) is 0.555. The molecule has 1 saturated heterocycles. The molecular formula is C23H25N5O. The van der Waals surface area contributed by atoms with E-state index in [0.717, 1.165) is 53.7 Å². The number of anilines is 1. The first kappa shape index (κ1) is 17.8. The molecule has 3 aromatic heterocycles. The normalized spacial score (nSPS) is 15.3. The lowest BCUT2D eigenvalue weighted by atomic mass is 9.89. The van der Waals surface area contributed by atoms with Crippen LogP contribution in [0.5, 0.6) is 0 Å². The van der Waals surface area contributed by atoms with Crippen molar-refractivity contribution in [1.29, 1.82) is 0 Å². The summed E-state index contributed by atoms with van der Waals surface area (Å²) >= 11 is 0. The SMILES string of the molecule is CN(C)c1cnc2[nH]cc(C3CCN(C(=O)c4ccc5cc[nH]c5c4)CC3)c2c1. The van der Waals surface area contributed by atoms with Crippen molar-refractivity contribution in [1.82, 2.24) is 19.9 Å². The summed E-state index contributed by atoms with van der Waals surface area (Å²) in [4.78, 5) is 28.1. The highest BCUT2D eigenvalue weighted by molar-refractivity contribution is 5.98. The second-order valence-corrected chi connectivity index (χ2v) is 8.07. The number of aromatic nitrogens is 3. The number of benzene rings is 1. The Morgan fingerprint density at radius 2 is 1.97 bits per heavy atom. The van der Waals surface area contributed by atoms with Gasteiger partial charge in [0.1, 0.15) is 5.65 Å². The van der Waals surface area contributed by atoms with Crippen molar-refractivity contribution in [2.75, 3.05) is 32.1 Å². The molecule has 0 aliphatic carbocycles. The summed E-state index contributed by atoms with van der Waals surface area (Å²) in [7, 11) is 4.06. The Balaban J connectivity index is 1.33. The fourth-order valence-corrected chi connectivity index (χ4v) is 4.35. The van der Waals surface area contributed by atoms with Crippen molar-refractivity contribution in [2.24, 2.45) is 0 Å². The Morgan fingerprint density at radius 3 is 2.76 bits per heavy atom. The summed E-state index contributed by atoms with van der Waals surface area (Å²) in [5, 5.41) is 2.32. The molecule has 1 aliphatic rings. The van der Waals surface area contributed by atoms with Gasteiger partial charge in [0.25, 0.3) is 5.91 Å². The van der Waals surface area contributed by atoms with Crippen LogP contribution in [0.1, 0.15) is 34.7 Å². The van der Waals surface area contributed by atoms with E-state index in [2.05, 4.69) is 32.1 Å². The summed E-state index contributed by atoms with van der Waals surface area (Å²) in [6.07, 6.45) is 7.83. The van der Waals surface area contributed by atoms with Gasteiger partial charge in [0, 0.05) is 56.0 Å². The van der Waals surface area contributed by atoms with E-state index in [4.69, 9.17) is 0 Å². The molecule has 2 N–H and O–H groups in total. The van der Waals surface area contributed by atoms with Crippen molar-refractivity contribution in [3.63, 3.8) is 0 Å². The zero-order valence-corrected chi connectivity index (χ0v) is 16.8. The molecule has 6 heteroatoms. The molecule has 0 saturated carbocycles. The van der Waals surface area contributed by atoms with Gasteiger partial charge in [-0.1, -0.05) is 6.07 Å². The molecule has 148 valence electrons. The van der Waals surface area contributed by atoms with Crippen molar-refractivity contribution in [2.45, 2.75) is 18.8 Å². The summed E-state index contributed by atoms with van der Waals surface area (Å²) in [5.74, 6) is 0.563. The van der Waals surface area contributed by atoms with Crippen LogP contribution in [0.2, 0.25) is 0 Å². The van der Waals surface area contributed by atoms with E-state index in [1.807, 2.05) is 55.7 Å². The van der Waals surface area contributed by atoms with Gasteiger partial charge in [-0.25, -0.2) is 4.98 Å². The zero-order valence-electron chi connectivity index (χ0n) is 16.8. The van der Waals surface area contributed by atoms with Gasteiger partial charge >= 0.3 is 0 Å². The van der Waals surface area contributed by atoms with Gasteiger partial charge in [-0.2, -0.15) is 0 Å². The van der Waals surface area contributed by atoms with Crippen LogP contribution in [0, 0.1) is 0 Å². The number of fused-ring (bicyclic) bond motifs is 2. The molecule has 0 bridgehead atoms. The third kappa shape index (κ3) is 3.14. The smallest absolute Gasteiger partial charge is 0.253 e. The summed E-state index contributed by atoms with van der Waals surface area (Å²) in [5.41, 5.74) is 5.11. The molecule has 29 heavy (non-hydrogen) atoms. The number of aromatic amines is 2. The van der Waals surface area contributed by atoms with Crippen LogP contribution in [0.3, 0.4) is 0 Å². The minimum atomic E-state index is 0.121. The fourth-order valence-electron chi connectivity index (χ4n) is 4.35. The van der Waals surface area contributed by atoms with Crippen LogP contribution in [-0.4, -0.2) is 52.9 Å². The number of piperidine rings is 1. The van der Waals surface area contributed by atoms with Crippen molar-refractivity contribution in [3.8, 4) is 0 Å². The number of nitrogens with one attached hydrogen (secondary N) is 2. The predicted octanol–water partition coefficient (Wildman–Crippen LogP) is 4.13. The predicted molar refractivity (Wildman–Crippen MR) is 117 cm³/mol. The maximum atomic E-state index is 13.0. The highest BCUT2D eigenvalue weighted by Crippen LogP contribution is 2.34. The van der Waals surface area contributed by atoms with Crippen molar-refractivity contribution in [3.05, 3.63) is 60.0 Å². The molecule has 1 aromatic carbocycles. The van der Waals surface area contributed by atoms with E-state index in [0.29, 0.717) is 5.92 Å². The average Bonchev–Trinajstić information content (AvgIpc) is 3.39. The van der Waals surface area contributed by atoms with Crippen LogP contribution in [0.15, 0.2) is 48.9 Å². The Hall–Kier alpha value is -3.28. The highest BCUT2D eigenvalue weighted by Gasteiger charge is 2.26. The number of H-pyrrole nitrogens is 2. The van der Waals surface area contributed by atoms with Gasteiger partial charge in [-0.05, 0) is 54.0 Å². The monoisotopic (exact) mass is 387 g/mol. The van der Waals surface area contributed by atoms with E-state index in [1.54, 1.807) is 0 Å². The second kappa shape index (κ2) is 6.95.